The Morgan fingerprint density at radius 3 is 1.73 bits per heavy atom. The number of phenols is 2. The number of phenolic OH excluding ortho intramolecular Hbond substituents is 2. The molecular formula is C20H24O6. The molecule has 6 nitrogen and oxygen atoms in total. The molecule has 0 aliphatic rings. The molecular weight excluding hydrogens is 336 g/mol. The first-order valence-corrected chi connectivity index (χ1v) is 7.89. The van der Waals surface area contributed by atoms with E-state index in [4.69, 9.17) is 5.11 Å². The smallest absolute Gasteiger partial charge is 0.337 e. The molecule has 0 heterocycles. The zero-order valence-corrected chi connectivity index (χ0v) is 15.6. The molecule has 0 saturated carbocycles. The summed E-state index contributed by atoms with van der Waals surface area (Å²) < 4.78 is 9.08. The van der Waals surface area contributed by atoms with E-state index in [0.29, 0.717) is 11.1 Å². The molecule has 0 fully saturated rings. The van der Waals surface area contributed by atoms with E-state index in [0.717, 1.165) is 5.56 Å². The summed E-state index contributed by atoms with van der Waals surface area (Å²) in [5.74, 6) is -0.446. The molecule has 0 saturated heterocycles. The minimum Gasteiger partial charge on any atom is -0.508 e. The Morgan fingerprint density at radius 2 is 1.27 bits per heavy atom. The van der Waals surface area contributed by atoms with Gasteiger partial charge in [-0.3, -0.25) is 0 Å². The van der Waals surface area contributed by atoms with Gasteiger partial charge in [0.2, 0.25) is 0 Å². The van der Waals surface area contributed by atoms with E-state index in [2.05, 4.69) is 9.47 Å². The largest absolute Gasteiger partial charge is 0.508 e. The third-order valence-electron chi connectivity index (χ3n) is 3.51. The maximum atomic E-state index is 11.3. The van der Waals surface area contributed by atoms with Crippen LogP contribution in [0.5, 0.6) is 11.5 Å². The molecule has 0 aliphatic heterocycles. The van der Waals surface area contributed by atoms with Gasteiger partial charge in [0.25, 0.3) is 0 Å². The number of hydrogen-bond acceptors (Lipinski definition) is 6. The maximum absolute atomic E-state index is 11.3. The number of hydrogen-bond donors (Lipinski definition) is 2. The molecule has 2 N–H and O–H groups in total. The molecule has 140 valence electrons. The van der Waals surface area contributed by atoms with Crippen LogP contribution in [-0.4, -0.2) is 36.4 Å². The lowest BCUT2D eigenvalue weighted by molar-refractivity contribution is 0.0591. The molecule has 0 aromatic heterocycles. The Kier molecular flexibility index (Phi) is 7.19. The summed E-state index contributed by atoms with van der Waals surface area (Å²) in [7, 11) is 2.65. The van der Waals surface area contributed by atoms with Gasteiger partial charge in [0.15, 0.2) is 0 Å². The second-order valence-corrected chi connectivity index (χ2v) is 6.51. The van der Waals surface area contributed by atoms with Gasteiger partial charge in [-0.1, -0.05) is 20.8 Å². The average Bonchev–Trinajstić information content (AvgIpc) is 2.61. The zero-order valence-electron chi connectivity index (χ0n) is 15.6. The fourth-order valence-corrected chi connectivity index (χ4v) is 2.10. The van der Waals surface area contributed by atoms with Gasteiger partial charge in [-0.2, -0.15) is 0 Å². The number of rotatable bonds is 2. The Bertz CT molecular complexity index is 757. The molecule has 0 bridgehead atoms. The molecule has 0 spiro atoms. The fourth-order valence-electron chi connectivity index (χ4n) is 2.10. The topological polar surface area (TPSA) is 93.1 Å². The van der Waals surface area contributed by atoms with Crippen LogP contribution in [0.4, 0.5) is 0 Å². The van der Waals surface area contributed by atoms with Crippen LogP contribution in [-0.2, 0) is 14.9 Å². The third kappa shape index (κ3) is 5.81. The van der Waals surface area contributed by atoms with Crippen LogP contribution in [0.2, 0.25) is 0 Å². The van der Waals surface area contributed by atoms with Crippen LogP contribution in [0.3, 0.4) is 0 Å². The van der Waals surface area contributed by atoms with E-state index in [1.807, 2.05) is 20.8 Å². The Morgan fingerprint density at radius 1 is 0.808 bits per heavy atom. The molecule has 0 radical (unpaired) electrons. The van der Waals surface area contributed by atoms with Crippen molar-refractivity contribution in [3.8, 4) is 11.5 Å². The van der Waals surface area contributed by atoms with Crippen LogP contribution in [0.1, 0.15) is 47.1 Å². The molecule has 26 heavy (non-hydrogen) atoms. The van der Waals surface area contributed by atoms with E-state index in [1.54, 1.807) is 12.1 Å². The second-order valence-electron chi connectivity index (χ2n) is 6.51. The van der Waals surface area contributed by atoms with Gasteiger partial charge in [0, 0.05) is 5.56 Å². The Hall–Kier alpha value is -3.02. The molecule has 0 unspecified atom stereocenters. The molecule has 6 heteroatoms. The van der Waals surface area contributed by atoms with Crippen molar-refractivity contribution in [1.82, 2.24) is 0 Å². The van der Waals surface area contributed by atoms with Crippen LogP contribution < -0.4 is 0 Å². The molecule has 2 rings (SSSR count). The minimum atomic E-state index is -0.398. The van der Waals surface area contributed by atoms with Crippen molar-refractivity contribution >= 4 is 11.9 Å². The first kappa shape index (κ1) is 21.0. The average molecular weight is 360 g/mol. The van der Waals surface area contributed by atoms with Gasteiger partial charge in [-0.15, -0.1) is 0 Å². The normalized spacial score (nSPS) is 10.3. The van der Waals surface area contributed by atoms with Gasteiger partial charge in [0.05, 0.1) is 25.3 Å². The summed E-state index contributed by atoms with van der Waals surface area (Å²) in [4.78, 5) is 22.1. The van der Waals surface area contributed by atoms with Gasteiger partial charge in [0.1, 0.15) is 11.5 Å². The van der Waals surface area contributed by atoms with E-state index in [1.165, 1.54) is 44.6 Å². The Labute approximate surface area is 153 Å². The number of esters is 2. The van der Waals surface area contributed by atoms with Crippen molar-refractivity contribution < 1.29 is 29.3 Å². The number of aromatic hydroxyl groups is 2. The second kappa shape index (κ2) is 8.89. The monoisotopic (exact) mass is 360 g/mol. The van der Waals surface area contributed by atoms with Gasteiger partial charge in [-0.05, 0) is 47.9 Å². The summed E-state index contributed by atoms with van der Waals surface area (Å²) in [6.07, 6.45) is 0. The lowest BCUT2D eigenvalue weighted by Gasteiger charge is -2.20. The Balaban J connectivity index is 0.000000273. The van der Waals surface area contributed by atoms with Crippen LogP contribution >= 0.6 is 0 Å². The van der Waals surface area contributed by atoms with Crippen LogP contribution in [0, 0.1) is 0 Å². The van der Waals surface area contributed by atoms with E-state index in [9.17, 15) is 14.7 Å². The summed E-state index contributed by atoms with van der Waals surface area (Å²) >= 11 is 0. The van der Waals surface area contributed by atoms with Gasteiger partial charge >= 0.3 is 11.9 Å². The number of methoxy groups -OCH3 is 2. The van der Waals surface area contributed by atoms with Gasteiger partial charge in [-0.25, -0.2) is 9.59 Å². The maximum Gasteiger partial charge on any atom is 0.337 e. The molecule has 0 aliphatic carbocycles. The zero-order chi connectivity index (χ0) is 19.9. The van der Waals surface area contributed by atoms with Crippen molar-refractivity contribution in [3.05, 3.63) is 59.2 Å². The van der Waals surface area contributed by atoms with Crippen molar-refractivity contribution in [3.63, 3.8) is 0 Å². The van der Waals surface area contributed by atoms with Gasteiger partial charge < -0.3 is 19.7 Å². The van der Waals surface area contributed by atoms with Crippen molar-refractivity contribution in [2.24, 2.45) is 0 Å². The van der Waals surface area contributed by atoms with Crippen LogP contribution in [0.15, 0.2) is 42.5 Å². The number of carbonyl (C=O) groups excluding carboxylic acids is 2. The van der Waals surface area contributed by atoms with Crippen molar-refractivity contribution in [1.29, 1.82) is 0 Å². The summed E-state index contributed by atoms with van der Waals surface area (Å²) in [5.41, 5.74) is 1.43. The highest BCUT2D eigenvalue weighted by Crippen LogP contribution is 2.31. The lowest BCUT2D eigenvalue weighted by atomic mass is 9.85. The predicted octanol–water partition coefficient (Wildman–Crippen LogP) is 3.66. The highest BCUT2D eigenvalue weighted by Gasteiger charge is 2.20. The van der Waals surface area contributed by atoms with Crippen LogP contribution in [0.25, 0.3) is 0 Å². The first-order valence-electron chi connectivity index (χ1n) is 7.89. The highest BCUT2D eigenvalue weighted by molar-refractivity contribution is 5.90. The summed E-state index contributed by atoms with van der Waals surface area (Å²) in [6, 6.07) is 10.6. The summed E-state index contributed by atoms with van der Waals surface area (Å²) in [5, 5.41) is 18.5. The fraction of sp³-hybridized carbons (Fsp3) is 0.300. The van der Waals surface area contributed by atoms with Crippen molar-refractivity contribution in [2.45, 2.75) is 26.2 Å². The number of benzene rings is 2. The van der Waals surface area contributed by atoms with E-state index in [-0.39, 0.29) is 22.9 Å². The number of ether oxygens (including phenoxy) is 2. The van der Waals surface area contributed by atoms with Crippen molar-refractivity contribution in [2.75, 3.05) is 14.2 Å². The quantitative estimate of drug-likeness (QED) is 0.794. The molecule has 0 atom stereocenters. The predicted molar refractivity (Wildman–Crippen MR) is 97.6 cm³/mol. The standard InChI is InChI=1S/C12H16O3.C8H8O3/c1-12(2,3)9-7-8(11(14)15-4)5-6-10(9)13;1-11-8(10)6-2-4-7(9)5-3-6/h5-7,13H,1-4H3;2-5,9H,1H3. The summed E-state index contributed by atoms with van der Waals surface area (Å²) in [6.45, 7) is 5.93. The lowest BCUT2D eigenvalue weighted by Crippen LogP contribution is -2.13. The molecule has 2 aromatic carbocycles. The number of carbonyl (C=O) groups is 2. The SMILES string of the molecule is COC(=O)c1ccc(O)c(C(C)(C)C)c1.COC(=O)c1ccc(O)cc1. The third-order valence-corrected chi connectivity index (χ3v) is 3.51. The van der Waals surface area contributed by atoms with E-state index < -0.39 is 5.97 Å². The van der Waals surface area contributed by atoms with E-state index >= 15 is 0 Å². The highest BCUT2D eigenvalue weighted by atomic mass is 16.5. The molecule has 2 aromatic rings. The first-order chi connectivity index (χ1) is 12.1. The molecule has 0 amide bonds. The minimum absolute atomic E-state index is 0.137.